The van der Waals surface area contributed by atoms with Crippen molar-refractivity contribution in [1.82, 2.24) is 0 Å². The molecule has 4 nitrogen and oxygen atoms in total. The second-order valence-corrected chi connectivity index (χ2v) is 5.51. The number of benzene rings is 2. The lowest BCUT2D eigenvalue weighted by molar-refractivity contribution is 0.102. The van der Waals surface area contributed by atoms with Crippen molar-refractivity contribution in [2.75, 3.05) is 13.7 Å². The largest absolute Gasteiger partial charge is 0.493 e. The third-order valence-corrected chi connectivity index (χ3v) is 4.04. The van der Waals surface area contributed by atoms with Gasteiger partial charge in [0.2, 0.25) is 0 Å². The van der Waals surface area contributed by atoms with Gasteiger partial charge in [0.1, 0.15) is 6.07 Å². The van der Waals surface area contributed by atoms with Crippen molar-refractivity contribution in [1.29, 1.82) is 5.26 Å². The predicted octanol–water partition coefficient (Wildman–Crippen LogP) is 3.81. The maximum absolute atomic E-state index is 12.6. The fraction of sp³-hybridized carbons (Fsp3) is 0.200. The molecule has 1 aliphatic carbocycles. The quantitative estimate of drug-likeness (QED) is 0.804. The summed E-state index contributed by atoms with van der Waals surface area (Å²) in [6.07, 6.45) is 3.49. The Bertz CT molecular complexity index is 846. The van der Waals surface area contributed by atoms with Gasteiger partial charge in [-0.1, -0.05) is 30.3 Å². The average Bonchev–Trinajstić information content (AvgIpc) is 2.63. The number of allylic oxidation sites excluding steroid dienone is 1. The Labute approximate surface area is 140 Å². The molecule has 0 fully saturated rings. The molecule has 0 N–H and O–H groups in total. The molecule has 24 heavy (non-hydrogen) atoms. The van der Waals surface area contributed by atoms with Gasteiger partial charge in [-0.15, -0.1) is 0 Å². The molecule has 0 heterocycles. The van der Waals surface area contributed by atoms with Gasteiger partial charge in [0.15, 0.2) is 23.9 Å². The number of Topliss-reactive ketones (excluding diaryl/α,β-unsaturated/α-hetero) is 1. The van der Waals surface area contributed by atoms with Crippen molar-refractivity contribution < 1.29 is 14.3 Å². The Hall–Kier alpha value is -3.06. The van der Waals surface area contributed by atoms with Gasteiger partial charge in [-0.3, -0.25) is 4.79 Å². The molecule has 0 aromatic heterocycles. The molecule has 3 rings (SSSR count). The third kappa shape index (κ3) is 3.16. The normalized spacial score (nSPS) is 14.8. The van der Waals surface area contributed by atoms with Crippen molar-refractivity contribution >= 4 is 11.9 Å². The van der Waals surface area contributed by atoms with Crippen molar-refractivity contribution in [2.45, 2.75) is 12.8 Å². The van der Waals surface area contributed by atoms with Crippen LogP contribution in [0.2, 0.25) is 0 Å². The Balaban J connectivity index is 1.89. The maximum atomic E-state index is 12.6. The smallest absolute Gasteiger partial charge is 0.189 e. The van der Waals surface area contributed by atoms with Crippen molar-refractivity contribution in [3.8, 4) is 17.6 Å². The number of ether oxygens (including phenoxy) is 2. The first kappa shape index (κ1) is 15.8. The summed E-state index contributed by atoms with van der Waals surface area (Å²) < 4.78 is 10.6. The van der Waals surface area contributed by atoms with Crippen LogP contribution in [0.15, 0.2) is 48.0 Å². The molecule has 0 saturated carbocycles. The van der Waals surface area contributed by atoms with Crippen molar-refractivity contribution in [2.24, 2.45) is 0 Å². The molecular weight excluding hydrogens is 302 g/mol. The third-order valence-electron chi connectivity index (χ3n) is 4.04. The molecule has 0 atom stereocenters. The van der Waals surface area contributed by atoms with Crippen molar-refractivity contribution in [3.05, 3.63) is 64.7 Å². The Morgan fingerprint density at radius 2 is 2.00 bits per heavy atom. The van der Waals surface area contributed by atoms with E-state index in [1.165, 1.54) is 0 Å². The number of carbonyl (C=O) groups is 1. The van der Waals surface area contributed by atoms with E-state index in [9.17, 15) is 4.79 Å². The molecule has 0 radical (unpaired) electrons. The highest BCUT2D eigenvalue weighted by Gasteiger charge is 2.21. The summed E-state index contributed by atoms with van der Waals surface area (Å²) in [5.41, 5.74) is 3.56. The van der Waals surface area contributed by atoms with Crippen LogP contribution in [0.4, 0.5) is 0 Å². The lowest BCUT2D eigenvalue weighted by Gasteiger charge is -2.17. The number of aryl methyl sites for hydroxylation is 1. The summed E-state index contributed by atoms with van der Waals surface area (Å²) in [5, 5.41) is 8.61. The average molecular weight is 319 g/mol. The van der Waals surface area contributed by atoms with Gasteiger partial charge >= 0.3 is 0 Å². The summed E-state index contributed by atoms with van der Waals surface area (Å²) in [5.74, 6) is 1.14. The Morgan fingerprint density at radius 1 is 1.17 bits per heavy atom. The lowest BCUT2D eigenvalue weighted by atomic mass is 9.86. The number of nitrogens with zero attached hydrogens (tertiary/aromatic N) is 1. The van der Waals surface area contributed by atoms with E-state index in [4.69, 9.17) is 14.7 Å². The minimum atomic E-state index is -0.0356. The van der Waals surface area contributed by atoms with Crippen LogP contribution in [0.25, 0.3) is 6.08 Å². The fourth-order valence-electron chi connectivity index (χ4n) is 2.86. The minimum Gasteiger partial charge on any atom is -0.493 e. The van der Waals surface area contributed by atoms with Gasteiger partial charge in [-0.2, -0.15) is 5.26 Å². The first-order chi connectivity index (χ1) is 11.7. The van der Waals surface area contributed by atoms with Crippen LogP contribution in [-0.2, 0) is 6.42 Å². The first-order valence-corrected chi connectivity index (χ1v) is 7.74. The van der Waals surface area contributed by atoms with Crippen LogP contribution in [-0.4, -0.2) is 19.5 Å². The second kappa shape index (κ2) is 7.01. The highest BCUT2D eigenvalue weighted by atomic mass is 16.5. The molecule has 0 unspecified atom stereocenters. The topological polar surface area (TPSA) is 59.3 Å². The number of carbonyl (C=O) groups excluding carboxylic acids is 1. The molecule has 0 spiro atoms. The van der Waals surface area contributed by atoms with E-state index in [1.54, 1.807) is 13.2 Å². The molecule has 0 aliphatic heterocycles. The van der Waals surface area contributed by atoms with Gasteiger partial charge < -0.3 is 9.47 Å². The standard InChI is InChI=1S/C20H17NO3/c1-23-19-13-14(6-9-18(19)24-11-10-21)12-16-8-7-15-4-2-3-5-17(15)20(16)22/h2-6,9,12-13H,7-8,11H2,1H3/b16-12-. The number of hydrogen-bond donors (Lipinski definition) is 0. The monoisotopic (exact) mass is 319 g/mol. The van der Waals surface area contributed by atoms with E-state index in [1.807, 2.05) is 48.5 Å². The molecule has 120 valence electrons. The fourth-order valence-corrected chi connectivity index (χ4v) is 2.86. The number of ketones is 1. The van der Waals surface area contributed by atoms with Gasteiger partial charge in [0, 0.05) is 11.1 Å². The molecule has 0 saturated heterocycles. The highest BCUT2D eigenvalue weighted by Crippen LogP contribution is 2.31. The summed E-state index contributed by atoms with van der Waals surface area (Å²) in [4.78, 5) is 12.6. The van der Waals surface area contributed by atoms with E-state index in [2.05, 4.69) is 0 Å². The highest BCUT2D eigenvalue weighted by molar-refractivity contribution is 6.13. The molecular formula is C20H17NO3. The van der Waals surface area contributed by atoms with Gasteiger partial charge in [0.25, 0.3) is 0 Å². The lowest BCUT2D eigenvalue weighted by Crippen LogP contribution is -2.13. The summed E-state index contributed by atoms with van der Waals surface area (Å²) in [6.45, 7) is -0.0356. The van der Waals surface area contributed by atoms with Crippen LogP contribution < -0.4 is 9.47 Å². The van der Waals surface area contributed by atoms with E-state index in [-0.39, 0.29) is 12.4 Å². The summed E-state index contributed by atoms with van der Waals surface area (Å²) in [6, 6.07) is 15.1. The van der Waals surface area contributed by atoms with Crippen LogP contribution in [0, 0.1) is 11.3 Å². The molecule has 4 heteroatoms. The molecule has 2 aromatic rings. The second-order valence-electron chi connectivity index (χ2n) is 5.51. The van der Waals surface area contributed by atoms with E-state index in [0.29, 0.717) is 11.5 Å². The number of hydrogen-bond acceptors (Lipinski definition) is 4. The molecule has 2 aromatic carbocycles. The van der Waals surface area contributed by atoms with E-state index < -0.39 is 0 Å². The summed E-state index contributed by atoms with van der Waals surface area (Å²) in [7, 11) is 1.55. The molecule has 0 amide bonds. The zero-order valence-electron chi connectivity index (χ0n) is 13.4. The SMILES string of the molecule is COc1cc(/C=C2/CCc3ccccc3C2=O)ccc1OCC#N. The maximum Gasteiger partial charge on any atom is 0.189 e. The predicted molar refractivity (Wildman–Crippen MR) is 91.2 cm³/mol. The van der Waals surface area contributed by atoms with Crippen LogP contribution in [0.5, 0.6) is 11.5 Å². The Kier molecular flexibility index (Phi) is 4.62. The Morgan fingerprint density at radius 3 is 2.79 bits per heavy atom. The molecule has 0 bridgehead atoms. The minimum absolute atomic E-state index is 0.0356. The number of fused-ring (bicyclic) bond motifs is 1. The van der Waals surface area contributed by atoms with Gasteiger partial charge in [-0.05, 0) is 42.2 Å². The van der Waals surface area contributed by atoms with E-state index in [0.717, 1.165) is 35.1 Å². The van der Waals surface area contributed by atoms with Crippen LogP contribution >= 0.6 is 0 Å². The van der Waals surface area contributed by atoms with E-state index >= 15 is 0 Å². The zero-order valence-corrected chi connectivity index (χ0v) is 13.4. The first-order valence-electron chi connectivity index (χ1n) is 7.74. The van der Waals surface area contributed by atoms with Crippen LogP contribution in [0.1, 0.15) is 27.9 Å². The number of methoxy groups -OCH3 is 1. The molecule has 1 aliphatic rings. The summed E-state index contributed by atoms with van der Waals surface area (Å²) >= 11 is 0. The van der Waals surface area contributed by atoms with Crippen LogP contribution in [0.3, 0.4) is 0 Å². The van der Waals surface area contributed by atoms with Gasteiger partial charge in [0.05, 0.1) is 7.11 Å². The number of rotatable bonds is 4. The van der Waals surface area contributed by atoms with Gasteiger partial charge in [-0.25, -0.2) is 0 Å². The zero-order chi connectivity index (χ0) is 16.9. The number of nitriles is 1. The van der Waals surface area contributed by atoms with Crippen molar-refractivity contribution in [3.63, 3.8) is 0 Å².